The lowest BCUT2D eigenvalue weighted by atomic mass is 10.3. The summed E-state index contributed by atoms with van der Waals surface area (Å²) < 4.78 is 38.8. The van der Waals surface area contributed by atoms with Crippen molar-refractivity contribution >= 4 is 54.8 Å². The highest BCUT2D eigenvalue weighted by Gasteiger charge is 2.14. The van der Waals surface area contributed by atoms with E-state index in [2.05, 4.69) is 26.0 Å². The number of rotatable bonds is 8. The highest BCUT2D eigenvalue weighted by atomic mass is 79.9. The molecular weight excluding hydrogens is 508 g/mol. The molecule has 1 amide bonds. The van der Waals surface area contributed by atoms with Gasteiger partial charge in [-0.3, -0.25) is 9.52 Å². The Balaban J connectivity index is 1.56. The van der Waals surface area contributed by atoms with Crippen LogP contribution in [0.5, 0.6) is 11.5 Å². The molecule has 0 fully saturated rings. The van der Waals surface area contributed by atoms with Crippen molar-refractivity contribution < 1.29 is 22.7 Å². The number of hydrogen-bond donors (Lipinski definition) is 2. The zero-order chi connectivity index (χ0) is 22.4. The van der Waals surface area contributed by atoms with E-state index < -0.39 is 15.9 Å². The van der Waals surface area contributed by atoms with Crippen LogP contribution in [0, 0.1) is 0 Å². The molecular formula is C21H18BrClN2O5S. The van der Waals surface area contributed by atoms with Crippen LogP contribution in [0.25, 0.3) is 0 Å². The van der Waals surface area contributed by atoms with Crippen LogP contribution in [0.4, 0.5) is 11.4 Å². The number of amides is 1. The van der Waals surface area contributed by atoms with Crippen molar-refractivity contribution in [2.75, 3.05) is 23.8 Å². The van der Waals surface area contributed by atoms with Gasteiger partial charge in [0.1, 0.15) is 11.5 Å². The van der Waals surface area contributed by atoms with Gasteiger partial charge in [-0.05, 0) is 66.7 Å². The number of methoxy groups -OCH3 is 1. The van der Waals surface area contributed by atoms with Gasteiger partial charge in [0.2, 0.25) is 0 Å². The van der Waals surface area contributed by atoms with Crippen LogP contribution in [0.3, 0.4) is 0 Å². The van der Waals surface area contributed by atoms with Gasteiger partial charge in [-0.15, -0.1) is 0 Å². The predicted molar refractivity (Wildman–Crippen MR) is 124 cm³/mol. The van der Waals surface area contributed by atoms with Crippen LogP contribution in [0.15, 0.2) is 76.1 Å². The maximum Gasteiger partial charge on any atom is 0.262 e. The molecule has 162 valence electrons. The van der Waals surface area contributed by atoms with Crippen molar-refractivity contribution in [1.82, 2.24) is 0 Å². The topological polar surface area (TPSA) is 93.7 Å². The van der Waals surface area contributed by atoms with Gasteiger partial charge in [0, 0.05) is 15.8 Å². The lowest BCUT2D eigenvalue weighted by molar-refractivity contribution is -0.118. The van der Waals surface area contributed by atoms with E-state index >= 15 is 0 Å². The van der Waals surface area contributed by atoms with Gasteiger partial charge in [-0.2, -0.15) is 0 Å². The molecule has 0 aliphatic rings. The molecule has 0 radical (unpaired) electrons. The summed E-state index contributed by atoms with van der Waals surface area (Å²) in [5.41, 5.74) is 0.943. The average Bonchev–Trinajstić information content (AvgIpc) is 2.74. The van der Waals surface area contributed by atoms with Gasteiger partial charge >= 0.3 is 0 Å². The summed E-state index contributed by atoms with van der Waals surface area (Å²) >= 11 is 9.33. The Bertz CT molecular complexity index is 1170. The van der Waals surface area contributed by atoms with Crippen LogP contribution in [0.2, 0.25) is 5.02 Å². The number of carbonyl (C=O) groups excluding carboxylic acids is 1. The predicted octanol–water partition coefficient (Wildman–Crippen LogP) is 4.93. The molecule has 0 heterocycles. The SMILES string of the molecule is COc1ccc(NC(=O)COc2ccc(S(=O)(=O)Nc3ccc(Br)cc3)cc2)cc1Cl. The monoisotopic (exact) mass is 524 g/mol. The van der Waals surface area contributed by atoms with E-state index in [1.165, 1.54) is 31.4 Å². The fourth-order valence-corrected chi connectivity index (χ4v) is 4.12. The van der Waals surface area contributed by atoms with Crippen molar-refractivity contribution in [3.63, 3.8) is 0 Å². The molecule has 0 aromatic heterocycles. The molecule has 3 rings (SSSR count). The zero-order valence-electron chi connectivity index (χ0n) is 16.3. The Kier molecular flexibility index (Phi) is 7.42. The second kappa shape index (κ2) is 10.0. The third-order valence-electron chi connectivity index (χ3n) is 4.04. The third-order valence-corrected chi connectivity index (χ3v) is 6.26. The minimum atomic E-state index is -3.75. The number of nitrogens with one attached hydrogen (secondary N) is 2. The Morgan fingerprint density at radius 3 is 2.26 bits per heavy atom. The average molecular weight is 526 g/mol. The van der Waals surface area contributed by atoms with E-state index in [1.807, 2.05) is 0 Å². The van der Waals surface area contributed by atoms with Crippen LogP contribution in [0.1, 0.15) is 0 Å². The Labute approximate surface area is 193 Å². The molecule has 0 aliphatic heterocycles. The van der Waals surface area contributed by atoms with Crippen molar-refractivity contribution in [3.8, 4) is 11.5 Å². The minimum absolute atomic E-state index is 0.0695. The summed E-state index contributed by atoms with van der Waals surface area (Å²) in [6, 6.07) is 17.4. The van der Waals surface area contributed by atoms with Crippen LogP contribution in [-0.4, -0.2) is 28.0 Å². The lowest BCUT2D eigenvalue weighted by Crippen LogP contribution is -2.20. The third kappa shape index (κ3) is 6.36. The summed E-state index contributed by atoms with van der Waals surface area (Å²) in [5.74, 6) is 0.459. The molecule has 3 aromatic carbocycles. The van der Waals surface area contributed by atoms with Gasteiger partial charge < -0.3 is 14.8 Å². The molecule has 0 unspecified atom stereocenters. The first-order valence-electron chi connectivity index (χ1n) is 8.91. The molecule has 0 saturated carbocycles. The largest absolute Gasteiger partial charge is 0.495 e. The number of ether oxygens (including phenoxy) is 2. The highest BCUT2D eigenvalue weighted by molar-refractivity contribution is 9.10. The minimum Gasteiger partial charge on any atom is -0.495 e. The van der Waals surface area contributed by atoms with Gasteiger partial charge in [0.25, 0.3) is 15.9 Å². The molecule has 0 atom stereocenters. The van der Waals surface area contributed by atoms with Crippen molar-refractivity contribution in [3.05, 3.63) is 76.2 Å². The molecule has 2 N–H and O–H groups in total. The number of carbonyl (C=O) groups is 1. The molecule has 10 heteroatoms. The molecule has 3 aromatic rings. The summed E-state index contributed by atoms with van der Waals surface area (Å²) in [6.45, 7) is -0.257. The summed E-state index contributed by atoms with van der Waals surface area (Å²) in [4.78, 5) is 12.2. The number of hydrogen-bond acceptors (Lipinski definition) is 5. The summed E-state index contributed by atoms with van der Waals surface area (Å²) in [7, 11) is -2.25. The van der Waals surface area contributed by atoms with Crippen molar-refractivity contribution in [2.24, 2.45) is 0 Å². The smallest absolute Gasteiger partial charge is 0.262 e. The Morgan fingerprint density at radius 2 is 1.65 bits per heavy atom. The van der Waals surface area contributed by atoms with Crippen LogP contribution >= 0.6 is 27.5 Å². The first-order valence-corrected chi connectivity index (χ1v) is 11.6. The normalized spacial score (nSPS) is 10.9. The first-order chi connectivity index (χ1) is 14.8. The molecule has 7 nitrogen and oxygen atoms in total. The van der Waals surface area contributed by atoms with E-state index in [9.17, 15) is 13.2 Å². The van der Waals surface area contributed by atoms with Crippen LogP contribution in [-0.2, 0) is 14.8 Å². The van der Waals surface area contributed by atoms with Gasteiger partial charge in [0.05, 0.1) is 17.0 Å². The summed E-state index contributed by atoms with van der Waals surface area (Å²) in [6.07, 6.45) is 0. The molecule has 0 spiro atoms. The highest BCUT2D eigenvalue weighted by Crippen LogP contribution is 2.27. The van der Waals surface area contributed by atoms with E-state index in [4.69, 9.17) is 21.1 Å². The lowest BCUT2D eigenvalue weighted by Gasteiger charge is -2.11. The fraction of sp³-hybridized carbons (Fsp3) is 0.0952. The van der Waals surface area contributed by atoms with E-state index in [0.29, 0.717) is 27.9 Å². The Hall–Kier alpha value is -2.75. The zero-order valence-corrected chi connectivity index (χ0v) is 19.4. The fourth-order valence-electron chi connectivity index (χ4n) is 2.54. The summed E-state index contributed by atoms with van der Waals surface area (Å²) in [5, 5.41) is 3.03. The van der Waals surface area contributed by atoms with Gasteiger partial charge in [-0.25, -0.2) is 8.42 Å². The molecule has 0 aliphatic carbocycles. The number of anilines is 2. The van der Waals surface area contributed by atoms with Crippen LogP contribution < -0.4 is 19.5 Å². The van der Waals surface area contributed by atoms with Gasteiger partial charge in [0.15, 0.2) is 6.61 Å². The second-order valence-electron chi connectivity index (χ2n) is 6.27. The van der Waals surface area contributed by atoms with Crippen molar-refractivity contribution in [1.29, 1.82) is 0 Å². The quantitative estimate of drug-likeness (QED) is 0.435. The first kappa shape index (κ1) is 22.9. The maximum absolute atomic E-state index is 12.5. The van der Waals surface area contributed by atoms with Crippen molar-refractivity contribution in [2.45, 2.75) is 4.90 Å². The number of benzene rings is 3. The van der Waals surface area contributed by atoms with E-state index in [0.717, 1.165) is 4.47 Å². The maximum atomic E-state index is 12.5. The molecule has 31 heavy (non-hydrogen) atoms. The molecule has 0 bridgehead atoms. The van der Waals surface area contributed by atoms with E-state index in [-0.39, 0.29) is 11.5 Å². The molecule has 0 saturated heterocycles. The van der Waals surface area contributed by atoms with E-state index in [1.54, 1.807) is 42.5 Å². The standard InChI is InChI=1S/C21H18BrClN2O5S/c1-29-20-11-6-16(12-19(20)23)24-21(26)13-30-17-7-9-18(10-8-17)31(27,28)25-15-4-2-14(22)3-5-15/h2-12,25H,13H2,1H3,(H,24,26). The van der Waals surface area contributed by atoms with Gasteiger partial charge in [-0.1, -0.05) is 27.5 Å². The number of halogens is 2. The number of sulfonamides is 1. The Morgan fingerprint density at radius 1 is 1.00 bits per heavy atom. The second-order valence-corrected chi connectivity index (χ2v) is 9.28.